The lowest BCUT2D eigenvalue weighted by molar-refractivity contribution is 0.421. The van der Waals surface area contributed by atoms with Crippen molar-refractivity contribution < 1.29 is 12.8 Å². The van der Waals surface area contributed by atoms with E-state index < -0.39 is 16.1 Å². The Hall–Kier alpha value is -2.68. The topological polar surface area (TPSA) is 94.1 Å². The number of fused-ring (bicyclic) bond motifs is 1. The first-order valence-electron chi connectivity index (χ1n) is 8.47. The summed E-state index contributed by atoms with van der Waals surface area (Å²) in [5, 5.41) is 8.28. The highest BCUT2D eigenvalue weighted by atomic mass is 32.2. The number of rotatable bonds is 4. The lowest BCUT2D eigenvalue weighted by Crippen LogP contribution is -2.32. The van der Waals surface area contributed by atoms with Crippen LogP contribution in [0.4, 0.5) is 5.69 Å². The van der Waals surface area contributed by atoms with Crippen LogP contribution in [-0.4, -0.2) is 28.2 Å². The van der Waals surface area contributed by atoms with E-state index in [-0.39, 0.29) is 5.03 Å². The van der Waals surface area contributed by atoms with E-state index in [1.165, 1.54) is 16.8 Å². The van der Waals surface area contributed by atoms with E-state index in [9.17, 15) is 8.42 Å². The van der Waals surface area contributed by atoms with Crippen LogP contribution in [0.2, 0.25) is 0 Å². The van der Waals surface area contributed by atoms with Crippen LogP contribution in [0.5, 0.6) is 0 Å². The number of para-hydroxylation sites is 1. The Morgan fingerprint density at radius 1 is 1.15 bits per heavy atom. The molecule has 1 saturated carbocycles. The van der Waals surface area contributed by atoms with Gasteiger partial charge in [0.05, 0.1) is 12.0 Å². The zero-order valence-electron chi connectivity index (χ0n) is 14.1. The summed E-state index contributed by atoms with van der Waals surface area (Å²) >= 11 is 0. The minimum atomic E-state index is -3.85. The average Bonchev–Trinajstić information content (AvgIpc) is 3.05. The summed E-state index contributed by atoms with van der Waals surface area (Å²) in [6, 6.07) is 6.89. The summed E-state index contributed by atoms with van der Waals surface area (Å²) in [6.07, 6.45) is 5.55. The van der Waals surface area contributed by atoms with Crippen molar-refractivity contribution in [2.24, 2.45) is 7.05 Å². The molecule has 9 heteroatoms. The summed E-state index contributed by atoms with van der Waals surface area (Å²) in [6.45, 7) is 0. The Bertz CT molecular complexity index is 1080. The molecule has 5 rings (SSSR count). The van der Waals surface area contributed by atoms with E-state index in [0.717, 1.165) is 18.4 Å². The van der Waals surface area contributed by atoms with Gasteiger partial charge in [0.25, 0.3) is 10.0 Å². The van der Waals surface area contributed by atoms with E-state index in [0.29, 0.717) is 29.8 Å². The number of hydrogen-bond donors (Lipinski definition) is 0. The molecule has 1 atom stereocenters. The smallest absolute Gasteiger partial charge is 0.284 e. The van der Waals surface area contributed by atoms with Crippen molar-refractivity contribution in [3.05, 3.63) is 54.1 Å². The number of sulfonamides is 1. The molecule has 3 heterocycles. The Morgan fingerprint density at radius 2 is 1.92 bits per heavy atom. The van der Waals surface area contributed by atoms with Gasteiger partial charge in [-0.3, -0.25) is 4.31 Å². The second-order valence-corrected chi connectivity index (χ2v) is 8.54. The van der Waals surface area contributed by atoms with Crippen molar-refractivity contribution >= 4 is 15.7 Å². The number of hydrogen-bond acceptors (Lipinski definition) is 6. The van der Waals surface area contributed by atoms with Gasteiger partial charge in [-0.15, -0.1) is 10.2 Å². The van der Waals surface area contributed by atoms with Crippen LogP contribution < -0.4 is 4.31 Å². The second-order valence-electron chi connectivity index (χ2n) is 6.78. The van der Waals surface area contributed by atoms with Crippen molar-refractivity contribution in [2.75, 3.05) is 4.31 Å². The second kappa shape index (κ2) is 5.41. The molecule has 2 aromatic heterocycles. The summed E-state index contributed by atoms with van der Waals surface area (Å²) in [7, 11) is -2.11. The zero-order chi connectivity index (χ0) is 17.9. The van der Waals surface area contributed by atoms with Crippen molar-refractivity contribution in [1.29, 1.82) is 0 Å². The number of nitrogens with zero attached hydrogens (tertiary/aromatic N) is 5. The number of aryl methyl sites for hydroxylation is 1. The molecule has 1 aliphatic carbocycles. The van der Waals surface area contributed by atoms with Crippen molar-refractivity contribution in [3.8, 4) is 0 Å². The SMILES string of the molecule is Cn1cnc(S(=O)(=O)N2c3ccccc3CC2c2nnc(C3CC3)o2)c1. The third kappa shape index (κ3) is 2.34. The van der Waals surface area contributed by atoms with Gasteiger partial charge in [-0.25, -0.2) is 4.98 Å². The number of aromatic nitrogens is 4. The zero-order valence-corrected chi connectivity index (χ0v) is 14.9. The van der Waals surface area contributed by atoms with Gasteiger partial charge in [0, 0.05) is 25.6 Å². The predicted molar refractivity (Wildman–Crippen MR) is 92.0 cm³/mol. The van der Waals surface area contributed by atoms with Crippen LogP contribution in [0.25, 0.3) is 0 Å². The molecule has 1 aliphatic heterocycles. The molecule has 1 aromatic carbocycles. The van der Waals surface area contributed by atoms with Crippen LogP contribution in [-0.2, 0) is 23.5 Å². The normalized spacial score (nSPS) is 19.7. The quantitative estimate of drug-likeness (QED) is 0.698. The minimum absolute atomic E-state index is 0.00337. The maximum Gasteiger partial charge on any atom is 0.284 e. The molecule has 0 spiro atoms. The molecule has 0 bridgehead atoms. The molecule has 0 radical (unpaired) electrons. The number of benzene rings is 1. The molecule has 1 unspecified atom stereocenters. The van der Waals surface area contributed by atoms with E-state index in [1.807, 2.05) is 18.2 Å². The summed E-state index contributed by atoms with van der Waals surface area (Å²) in [5.74, 6) is 1.26. The van der Waals surface area contributed by atoms with Gasteiger partial charge in [-0.1, -0.05) is 18.2 Å². The molecule has 1 fully saturated rings. The Labute approximate surface area is 150 Å². The Balaban J connectivity index is 1.62. The predicted octanol–water partition coefficient (Wildman–Crippen LogP) is 2.17. The van der Waals surface area contributed by atoms with Crippen LogP contribution in [0, 0.1) is 0 Å². The fourth-order valence-electron chi connectivity index (χ4n) is 3.34. The van der Waals surface area contributed by atoms with Gasteiger partial charge in [-0.2, -0.15) is 8.42 Å². The molecular weight excluding hydrogens is 354 g/mol. The monoisotopic (exact) mass is 371 g/mol. The van der Waals surface area contributed by atoms with Gasteiger partial charge in [0.15, 0.2) is 5.03 Å². The van der Waals surface area contributed by atoms with E-state index in [4.69, 9.17) is 4.42 Å². The third-order valence-electron chi connectivity index (χ3n) is 4.80. The maximum absolute atomic E-state index is 13.3. The first-order chi connectivity index (χ1) is 12.5. The van der Waals surface area contributed by atoms with Crippen molar-refractivity contribution in [1.82, 2.24) is 19.7 Å². The Kier molecular flexibility index (Phi) is 3.24. The van der Waals surface area contributed by atoms with Gasteiger partial charge in [0.1, 0.15) is 6.04 Å². The fraction of sp³-hybridized carbons (Fsp3) is 0.353. The molecule has 134 valence electrons. The highest BCUT2D eigenvalue weighted by molar-refractivity contribution is 7.92. The van der Waals surface area contributed by atoms with E-state index >= 15 is 0 Å². The number of anilines is 1. The van der Waals surface area contributed by atoms with Crippen molar-refractivity contribution in [2.45, 2.75) is 36.2 Å². The Morgan fingerprint density at radius 3 is 2.65 bits per heavy atom. The van der Waals surface area contributed by atoms with Gasteiger partial charge >= 0.3 is 0 Å². The van der Waals surface area contributed by atoms with E-state index in [2.05, 4.69) is 15.2 Å². The summed E-state index contributed by atoms with van der Waals surface area (Å²) < 4.78 is 35.4. The minimum Gasteiger partial charge on any atom is -0.423 e. The molecule has 0 saturated heterocycles. The summed E-state index contributed by atoms with van der Waals surface area (Å²) in [4.78, 5) is 4.04. The fourth-order valence-corrected chi connectivity index (χ4v) is 4.96. The van der Waals surface area contributed by atoms with Crippen LogP contribution in [0.1, 0.15) is 42.1 Å². The lowest BCUT2D eigenvalue weighted by atomic mass is 10.1. The van der Waals surface area contributed by atoms with Crippen LogP contribution in [0.3, 0.4) is 0 Å². The molecule has 0 amide bonds. The van der Waals surface area contributed by atoms with Gasteiger partial charge in [-0.05, 0) is 24.5 Å². The molecule has 0 N–H and O–H groups in total. The van der Waals surface area contributed by atoms with Gasteiger partial charge in [0.2, 0.25) is 11.8 Å². The highest BCUT2D eigenvalue weighted by Crippen LogP contribution is 2.45. The molecular formula is C17H17N5O3S. The largest absolute Gasteiger partial charge is 0.423 e. The standard InChI is InChI=1S/C17H17N5O3S/c1-21-9-15(18-10-21)26(23,24)22-13-5-3-2-4-12(13)8-14(22)17-20-19-16(25-17)11-6-7-11/h2-5,9-11,14H,6-8H2,1H3. The average molecular weight is 371 g/mol. The highest BCUT2D eigenvalue weighted by Gasteiger charge is 2.43. The lowest BCUT2D eigenvalue weighted by Gasteiger charge is -2.23. The van der Waals surface area contributed by atoms with Gasteiger partial charge < -0.3 is 8.98 Å². The molecule has 3 aromatic rings. The molecule has 2 aliphatic rings. The van der Waals surface area contributed by atoms with E-state index in [1.54, 1.807) is 17.7 Å². The molecule has 26 heavy (non-hydrogen) atoms. The van der Waals surface area contributed by atoms with Crippen LogP contribution >= 0.6 is 0 Å². The maximum atomic E-state index is 13.3. The first-order valence-corrected chi connectivity index (χ1v) is 9.91. The third-order valence-corrected chi connectivity index (χ3v) is 6.51. The first kappa shape index (κ1) is 15.6. The number of imidazole rings is 1. The summed E-state index contributed by atoms with van der Waals surface area (Å²) in [5.41, 5.74) is 1.57. The van der Waals surface area contributed by atoms with Crippen LogP contribution in [0.15, 0.2) is 46.2 Å². The molecule has 8 nitrogen and oxygen atoms in total. The van der Waals surface area contributed by atoms with Crippen molar-refractivity contribution in [3.63, 3.8) is 0 Å².